The summed E-state index contributed by atoms with van der Waals surface area (Å²) in [6, 6.07) is 5.24. The molecule has 0 spiro atoms. The number of hydrogen-bond donors (Lipinski definition) is 1. The van der Waals surface area contributed by atoms with Gasteiger partial charge in [-0.25, -0.2) is 4.39 Å². The summed E-state index contributed by atoms with van der Waals surface area (Å²) in [7, 11) is 0. The lowest BCUT2D eigenvalue weighted by atomic mass is 9.92. The van der Waals surface area contributed by atoms with Crippen LogP contribution in [0.5, 0.6) is 0 Å². The minimum Gasteiger partial charge on any atom is -0.313 e. The molecule has 3 heteroatoms. The predicted octanol–water partition coefficient (Wildman–Crippen LogP) is 4.11. The average molecular weight is 288 g/mol. The summed E-state index contributed by atoms with van der Waals surface area (Å²) in [6.45, 7) is 8.33. The van der Waals surface area contributed by atoms with Crippen LogP contribution in [0.15, 0.2) is 22.7 Å². The van der Waals surface area contributed by atoms with E-state index in [1.807, 2.05) is 6.07 Å². The van der Waals surface area contributed by atoms with Gasteiger partial charge in [-0.2, -0.15) is 0 Å². The number of hydrogen-bond acceptors (Lipinski definition) is 1. The second-order valence-corrected chi connectivity index (χ2v) is 6.09. The molecule has 0 atom stereocenters. The molecule has 0 heterocycles. The van der Waals surface area contributed by atoms with Crippen molar-refractivity contribution >= 4 is 15.9 Å². The molecule has 0 fully saturated rings. The lowest BCUT2D eigenvalue weighted by molar-refractivity contribution is 0.366. The first-order chi connectivity index (χ1) is 7.38. The van der Waals surface area contributed by atoms with Crippen molar-refractivity contribution in [1.29, 1.82) is 0 Å². The minimum absolute atomic E-state index is 0.199. The predicted molar refractivity (Wildman–Crippen MR) is 69.9 cm³/mol. The highest BCUT2D eigenvalue weighted by molar-refractivity contribution is 9.10. The lowest BCUT2D eigenvalue weighted by Crippen LogP contribution is -2.20. The molecular weight excluding hydrogens is 269 g/mol. The fraction of sp³-hybridized carbons (Fsp3) is 0.538. The number of rotatable bonds is 4. The normalized spacial score (nSPS) is 11.8. The van der Waals surface area contributed by atoms with Crippen molar-refractivity contribution in [1.82, 2.24) is 5.32 Å². The summed E-state index contributed by atoms with van der Waals surface area (Å²) < 4.78 is 13.7. The highest BCUT2D eigenvalue weighted by Crippen LogP contribution is 2.18. The molecule has 1 rings (SSSR count). The standard InChI is InChI=1S/C13H19BrFN/c1-13(2,3)6-7-16-9-10-4-5-11(14)12(15)8-10/h4-5,8,16H,6-7,9H2,1-3H3. The Balaban J connectivity index is 2.35. The molecule has 1 aromatic carbocycles. The lowest BCUT2D eigenvalue weighted by Gasteiger charge is -2.18. The van der Waals surface area contributed by atoms with Crippen LogP contribution in [0.2, 0.25) is 0 Å². The Hall–Kier alpha value is -0.410. The molecule has 0 aliphatic rings. The van der Waals surface area contributed by atoms with E-state index in [4.69, 9.17) is 0 Å². The van der Waals surface area contributed by atoms with Gasteiger partial charge in [0.05, 0.1) is 4.47 Å². The third kappa shape index (κ3) is 5.08. The fourth-order valence-corrected chi connectivity index (χ4v) is 1.59. The Morgan fingerprint density at radius 3 is 2.56 bits per heavy atom. The molecule has 16 heavy (non-hydrogen) atoms. The Bertz CT molecular complexity index is 344. The van der Waals surface area contributed by atoms with E-state index >= 15 is 0 Å². The molecule has 1 nitrogen and oxygen atoms in total. The van der Waals surface area contributed by atoms with E-state index in [1.54, 1.807) is 12.1 Å². The monoisotopic (exact) mass is 287 g/mol. The third-order valence-corrected chi connectivity index (χ3v) is 3.01. The molecule has 0 amide bonds. The third-order valence-electron chi connectivity index (χ3n) is 2.36. The minimum atomic E-state index is -0.199. The van der Waals surface area contributed by atoms with E-state index < -0.39 is 0 Å². The first-order valence-electron chi connectivity index (χ1n) is 5.53. The largest absolute Gasteiger partial charge is 0.313 e. The van der Waals surface area contributed by atoms with Crippen LogP contribution < -0.4 is 5.32 Å². The number of halogens is 2. The summed E-state index contributed by atoms with van der Waals surface area (Å²) in [5.41, 5.74) is 1.33. The van der Waals surface area contributed by atoms with Crippen molar-refractivity contribution in [2.75, 3.05) is 6.54 Å². The molecular formula is C13H19BrFN. The molecule has 1 aromatic rings. The Morgan fingerprint density at radius 2 is 2.00 bits per heavy atom. The molecule has 1 N–H and O–H groups in total. The van der Waals surface area contributed by atoms with Crippen molar-refractivity contribution < 1.29 is 4.39 Å². The Kier molecular flexibility index (Phi) is 4.93. The van der Waals surface area contributed by atoms with E-state index in [1.165, 1.54) is 0 Å². The van der Waals surface area contributed by atoms with Gasteiger partial charge in [0.2, 0.25) is 0 Å². The van der Waals surface area contributed by atoms with Crippen LogP contribution in [-0.4, -0.2) is 6.54 Å². The molecule has 0 aromatic heterocycles. The molecule has 0 saturated heterocycles. The quantitative estimate of drug-likeness (QED) is 0.822. The molecule has 0 aliphatic carbocycles. The second kappa shape index (κ2) is 5.78. The van der Waals surface area contributed by atoms with Gasteiger partial charge in [-0.05, 0) is 52.0 Å². The van der Waals surface area contributed by atoms with Crippen molar-refractivity contribution in [2.24, 2.45) is 5.41 Å². The maximum Gasteiger partial charge on any atom is 0.137 e. The maximum absolute atomic E-state index is 13.2. The summed E-state index contributed by atoms with van der Waals surface area (Å²) in [6.07, 6.45) is 1.12. The van der Waals surface area contributed by atoms with Gasteiger partial charge in [-0.3, -0.25) is 0 Å². The molecule has 0 saturated carbocycles. The Morgan fingerprint density at radius 1 is 1.31 bits per heavy atom. The molecule has 90 valence electrons. The smallest absolute Gasteiger partial charge is 0.137 e. The van der Waals surface area contributed by atoms with Crippen LogP contribution in [0.25, 0.3) is 0 Å². The average Bonchev–Trinajstić information content (AvgIpc) is 2.17. The Labute approximate surface area is 106 Å². The summed E-state index contributed by atoms with van der Waals surface area (Å²) >= 11 is 3.14. The van der Waals surface area contributed by atoms with Gasteiger partial charge >= 0.3 is 0 Å². The van der Waals surface area contributed by atoms with Gasteiger partial charge in [0.15, 0.2) is 0 Å². The van der Waals surface area contributed by atoms with Gasteiger partial charge in [-0.1, -0.05) is 26.8 Å². The molecule has 0 bridgehead atoms. The maximum atomic E-state index is 13.2. The highest BCUT2D eigenvalue weighted by atomic mass is 79.9. The summed E-state index contributed by atoms with van der Waals surface area (Å²) in [5, 5.41) is 3.32. The van der Waals surface area contributed by atoms with Crippen molar-refractivity contribution in [3.05, 3.63) is 34.1 Å². The highest BCUT2D eigenvalue weighted by Gasteiger charge is 2.08. The van der Waals surface area contributed by atoms with Crippen molar-refractivity contribution in [2.45, 2.75) is 33.7 Å². The van der Waals surface area contributed by atoms with E-state index in [0.717, 1.165) is 25.1 Å². The number of benzene rings is 1. The van der Waals surface area contributed by atoms with Gasteiger partial charge in [0.25, 0.3) is 0 Å². The first kappa shape index (κ1) is 13.7. The van der Waals surface area contributed by atoms with E-state index in [9.17, 15) is 4.39 Å². The van der Waals surface area contributed by atoms with Gasteiger partial charge in [-0.15, -0.1) is 0 Å². The summed E-state index contributed by atoms with van der Waals surface area (Å²) in [4.78, 5) is 0. The zero-order valence-electron chi connectivity index (χ0n) is 10.1. The van der Waals surface area contributed by atoms with Crippen LogP contribution in [0.3, 0.4) is 0 Å². The SMILES string of the molecule is CC(C)(C)CCNCc1ccc(Br)c(F)c1. The van der Waals surface area contributed by atoms with E-state index in [0.29, 0.717) is 9.89 Å². The summed E-state index contributed by atoms with van der Waals surface area (Å²) in [5.74, 6) is -0.199. The van der Waals surface area contributed by atoms with Crippen LogP contribution in [0.4, 0.5) is 4.39 Å². The van der Waals surface area contributed by atoms with Crippen LogP contribution in [-0.2, 0) is 6.54 Å². The van der Waals surface area contributed by atoms with E-state index in [-0.39, 0.29) is 5.82 Å². The molecule has 0 aliphatic heterocycles. The topological polar surface area (TPSA) is 12.0 Å². The van der Waals surface area contributed by atoms with Gasteiger partial charge in [0, 0.05) is 6.54 Å². The fourth-order valence-electron chi connectivity index (χ4n) is 1.35. The molecule has 0 radical (unpaired) electrons. The zero-order valence-corrected chi connectivity index (χ0v) is 11.7. The second-order valence-electron chi connectivity index (χ2n) is 5.24. The molecule has 0 unspecified atom stereocenters. The van der Waals surface area contributed by atoms with Gasteiger partial charge < -0.3 is 5.32 Å². The van der Waals surface area contributed by atoms with Crippen molar-refractivity contribution in [3.8, 4) is 0 Å². The zero-order chi connectivity index (χ0) is 12.2. The van der Waals surface area contributed by atoms with Crippen LogP contribution >= 0.6 is 15.9 Å². The van der Waals surface area contributed by atoms with E-state index in [2.05, 4.69) is 42.0 Å². The van der Waals surface area contributed by atoms with Crippen LogP contribution in [0.1, 0.15) is 32.8 Å². The van der Waals surface area contributed by atoms with Crippen LogP contribution in [0, 0.1) is 11.2 Å². The number of nitrogens with one attached hydrogen (secondary N) is 1. The first-order valence-corrected chi connectivity index (χ1v) is 6.32. The van der Waals surface area contributed by atoms with Gasteiger partial charge in [0.1, 0.15) is 5.82 Å². The van der Waals surface area contributed by atoms with Crippen molar-refractivity contribution in [3.63, 3.8) is 0 Å².